The van der Waals surface area contributed by atoms with Gasteiger partial charge in [-0.15, -0.1) is 0 Å². The first-order valence-electron chi connectivity index (χ1n) is 3.71. The highest BCUT2D eigenvalue weighted by Gasteiger charge is 2.39. The molecule has 16 heavy (non-hydrogen) atoms. The van der Waals surface area contributed by atoms with Crippen LogP contribution in [0, 0.1) is 23.3 Å². The quantitative estimate of drug-likeness (QED) is 0.321. The van der Waals surface area contributed by atoms with E-state index in [9.17, 15) is 34.8 Å². The molecule has 0 N–H and O–H groups in total. The van der Waals surface area contributed by atoms with Crippen molar-refractivity contribution in [3.05, 3.63) is 23.3 Å². The molecule has 0 nitrogen and oxygen atoms in total. The molecule has 0 atom stereocenters. The first-order chi connectivity index (χ1) is 7.29. The fourth-order valence-corrected chi connectivity index (χ4v) is 1.09. The maximum absolute atomic E-state index is 12.7. The van der Waals surface area contributed by atoms with E-state index in [1.54, 1.807) is 0 Å². The molecule has 0 aliphatic heterocycles. The van der Waals surface area contributed by atoms with Crippen molar-refractivity contribution in [2.75, 3.05) is 0 Å². The summed E-state index contributed by atoms with van der Waals surface area (Å²) in [5.74, 6) is -10.1. The third-order valence-corrected chi connectivity index (χ3v) is 1.78. The maximum Gasteiger partial charge on any atom is 0.574 e. The van der Waals surface area contributed by atoms with Crippen LogP contribution in [0.4, 0.5) is 34.8 Å². The van der Waals surface area contributed by atoms with Crippen molar-refractivity contribution in [2.24, 2.45) is 0 Å². The largest absolute Gasteiger partial charge is 0.574 e. The molecule has 0 aliphatic carbocycles. The van der Waals surface area contributed by atoms with E-state index in [1.165, 1.54) is 0 Å². The molecule has 0 amide bonds. The first kappa shape index (κ1) is 12.9. The van der Waals surface area contributed by atoms with Gasteiger partial charge in [0.25, 0.3) is 0 Å². The summed E-state index contributed by atoms with van der Waals surface area (Å²) >= 11 is 0. The second kappa shape index (κ2) is 4.34. The van der Waals surface area contributed by atoms with E-state index in [0.717, 1.165) is 0 Å². The molecule has 10 heteroatoms. The Hall–Kier alpha value is -1.21. The molecule has 86 valence electrons. The number of halogens is 8. The van der Waals surface area contributed by atoms with Crippen molar-refractivity contribution in [3.8, 4) is 0 Å². The van der Waals surface area contributed by atoms with Crippen LogP contribution in [-0.4, -0.2) is 14.5 Å². The average Bonchev–Trinajstić information content (AvgIpc) is 2.18. The molecule has 0 heterocycles. The van der Waals surface area contributed by atoms with Gasteiger partial charge in [0.1, 0.15) is 0 Å². The highest BCUT2D eigenvalue weighted by Crippen LogP contribution is 2.13. The second-order valence-electron chi connectivity index (χ2n) is 2.68. The molecule has 0 saturated heterocycles. The Morgan fingerprint density at radius 2 is 0.750 bits per heavy atom. The van der Waals surface area contributed by atoms with Crippen LogP contribution in [0.25, 0.3) is 0 Å². The third kappa shape index (κ3) is 1.88. The Bertz CT molecular complexity index is 379. The zero-order valence-corrected chi connectivity index (χ0v) is 7.18. The van der Waals surface area contributed by atoms with Crippen LogP contribution in [0.1, 0.15) is 0 Å². The molecule has 0 fully saturated rings. The Labute approximate surface area is 84.6 Å². The molecular formula is C6B2F8. The van der Waals surface area contributed by atoms with Crippen LogP contribution in [0.3, 0.4) is 0 Å². The lowest BCUT2D eigenvalue weighted by atomic mass is 9.70. The molecular weight excluding hydrogens is 246 g/mol. The Morgan fingerprint density at radius 3 is 0.938 bits per heavy atom. The zero-order valence-electron chi connectivity index (χ0n) is 7.18. The fourth-order valence-electron chi connectivity index (χ4n) is 1.09. The van der Waals surface area contributed by atoms with Gasteiger partial charge in [0.15, 0.2) is 23.3 Å². The predicted molar refractivity (Wildman–Crippen MR) is 41.5 cm³/mol. The number of hydrogen-bond acceptors (Lipinski definition) is 0. The summed E-state index contributed by atoms with van der Waals surface area (Å²) < 4.78 is 98.9. The molecule has 0 radical (unpaired) electrons. The lowest BCUT2D eigenvalue weighted by Gasteiger charge is -2.09. The van der Waals surface area contributed by atoms with Gasteiger partial charge in [-0.2, -0.15) is 0 Å². The van der Waals surface area contributed by atoms with Crippen molar-refractivity contribution in [1.82, 2.24) is 0 Å². The van der Waals surface area contributed by atoms with Gasteiger partial charge in [0.2, 0.25) is 0 Å². The molecule has 1 rings (SSSR count). The molecule has 0 bridgehead atoms. The normalized spacial score (nSPS) is 10.5. The Balaban J connectivity index is 3.69. The zero-order chi connectivity index (χ0) is 12.6. The van der Waals surface area contributed by atoms with Crippen LogP contribution < -0.4 is 10.9 Å². The minimum absolute atomic E-state index is 2.16. The minimum Gasteiger partial charge on any atom is -0.281 e. The van der Waals surface area contributed by atoms with Gasteiger partial charge in [-0.05, 0) is 0 Å². The summed E-state index contributed by atoms with van der Waals surface area (Å²) in [4.78, 5) is 0. The van der Waals surface area contributed by atoms with E-state index < -0.39 is 48.7 Å². The highest BCUT2D eigenvalue weighted by atomic mass is 19.2. The van der Waals surface area contributed by atoms with Gasteiger partial charge in [0, 0.05) is 10.9 Å². The van der Waals surface area contributed by atoms with Crippen molar-refractivity contribution >= 4 is 25.5 Å². The predicted octanol–water partition coefficient (Wildman–Crippen LogP) is 1.51. The van der Waals surface area contributed by atoms with Gasteiger partial charge in [0.05, 0.1) is 0 Å². The SMILES string of the molecule is FB(F)c1c(F)c(F)c(F)c(F)c1B(F)F. The lowest BCUT2D eigenvalue weighted by molar-refractivity contribution is 0.413. The van der Waals surface area contributed by atoms with E-state index in [4.69, 9.17) is 0 Å². The van der Waals surface area contributed by atoms with E-state index in [-0.39, 0.29) is 0 Å². The van der Waals surface area contributed by atoms with Crippen LogP contribution in [0.2, 0.25) is 0 Å². The average molecular weight is 246 g/mol. The summed E-state index contributed by atoms with van der Waals surface area (Å²) in [6.45, 7) is 0. The van der Waals surface area contributed by atoms with Gasteiger partial charge in [-0.1, -0.05) is 0 Å². The highest BCUT2D eigenvalue weighted by molar-refractivity contribution is 6.72. The molecule has 1 aromatic carbocycles. The Kier molecular flexibility index (Phi) is 3.49. The summed E-state index contributed by atoms with van der Waals surface area (Å²) in [6.07, 6.45) is 0. The van der Waals surface area contributed by atoms with Crippen molar-refractivity contribution in [2.45, 2.75) is 0 Å². The molecule has 0 aliphatic rings. The number of rotatable bonds is 2. The molecule has 0 saturated carbocycles. The maximum atomic E-state index is 12.7. The van der Waals surface area contributed by atoms with Gasteiger partial charge in [-0.3, -0.25) is 17.3 Å². The van der Waals surface area contributed by atoms with E-state index in [0.29, 0.717) is 0 Å². The number of benzene rings is 1. The smallest absolute Gasteiger partial charge is 0.281 e. The topological polar surface area (TPSA) is 0 Å². The molecule has 0 spiro atoms. The Morgan fingerprint density at radius 1 is 0.500 bits per heavy atom. The van der Waals surface area contributed by atoms with Crippen LogP contribution in [0.15, 0.2) is 0 Å². The molecule has 0 aromatic heterocycles. The first-order valence-corrected chi connectivity index (χ1v) is 3.71. The van der Waals surface area contributed by atoms with Crippen molar-refractivity contribution in [1.29, 1.82) is 0 Å². The molecule has 0 unspecified atom stereocenters. The van der Waals surface area contributed by atoms with Gasteiger partial charge in [-0.25, -0.2) is 17.6 Å². The monoisotopic (exact) mass is 246 g/mol. The summed E-state index contributed by atoms with van der Waals surface area (Å²) in [6, 6.07) is 0. The third-order valence-electron chi connectivity index (χ3n) is 1.78. The summed E-state index contributed by atoms with van der Waals surface area (Å²) in [5, 5.41) is 0. The van der Waals surface area contributed by atoms with Crippen LogP contribution in [0.5, 0.6) is 0 Å². The van der Waals surface area contributed by atoms with Crippen LogP contribution >= 0.6 is 0 Å². The standard InChI is InChI=1S/C6B2F8/c9-3-1(7(13)14)2(8(15)16)4(10)6(12)5(3)11. The number of hydrogen-bond donors (Lipinski definition) is 0. The van der Waals surface area contributed by atoms with Crippen LogP contribution in [-0.2, 0) is 0 Å². The van der Waals surface area contributed by atoms with Crippen molar-refractivity contribution < 1.29 is 34.8 Å². The fraction of sp³-hybridized carbons (Fsp3) is 0. The second-order valence-corrected chi connectivity index (χ2v) is 2.68. The van der Waals surface area contributed by atoms with Gasteiger partial charge >= 0.3 is 14.5 Å². The minimum atomic E-state index is -3.88. The van der Waals surface area contributed by atoms with Gasteiger partial charge < -0.3 is 0 Å². The van der Waals surface area contributed by atoms with E-state index >= 15 is 0 Å². The lowest BCUT2D eigenvalue weighted by Crippen LogP contribution is -2.48. The summed E-state index contributed by atoms with van der Waals surface area (Å²) in [5.41, 5.74) is -4.32. The van der Waals surface area contributed by atoms with E-state index in [1.807, 2.05) is 0 Å². The van der Waals surface area contributed by atoms with E-state index in [2.05, 4.69) is 0 Å². The summed E-state index contributed by atoms with van der Waals surface area (Å²) in [7, 11) is -7.76. The van der Waals surface area contributed by atoms with Crippen molar-refractivity contribution in [3.63, 3.8) is 0 Å². The molecule has 1 aromatic rings.